The number of amides is 1. The topological polar surface area (TPSA) is 83.6 Å². The zero-order valence-electron chi connectivity index (χ0n) is 11.9. The van der Waals surface area contributed by atoms with Gasteiger partial charge in [-0.2, -0.15) is 0 Å². The van der Waals surface area contributed by atoms with Crippen molar-refractivity contribution >= 4 is 11.9 Å². The molecule has 0 aliphatic carbocycles. The number of carbonyl (C=O) groups excluding carboxylic acids is 1. The minimum absolute atomic E-state index is 0.0163. The van der Waals surface area contributed by atoms with E-state index in [9.17, 15) is 14.7 Å². The van der Waals surface area contributed by atoms with E-state index in [4.69, 9.17) is 5.73 Å². The molecule has 3 N–H and O–H groups in total. The van der Waals surface area contributed by atoms with E-state index in [1.54, 1.807) is 11.8 Å². The van der Waals surface area contributed by atoms with Gasteiger partial charge in [0, 0.05) is 13.0 Å². The highest BCUT2D eigenvalue weighted by Gasteiger charge is 2.43. The van der Waals surface area contributed by atoms with Crippen LogP contribution in [0.3, 0.4) is 0 Å². The molecule has 110 valence electrons. The summed E-state index contributed by atoms with van der Waals surface area (Å²) in [4.78, 5) is 25.2. The normalized spacial score (nSPS) is 23.4. The minimum Gasteiger partial charge on any atom is -0.480 e. The molecule has 0 aromatic rings. The van der Waals surface area contributed by atoms with Crippen LogP contribution in [-0.2, 0) is 9.59 Å². The number of carbonyl (C=O) groups is 2. The maximum absolute atomic E-state index is 12.2. The van der Waals surface area contributed by atoms with Crippen LogP contribution in [0.5, 0.6) is 0 Å². The van der Waals surface area contributed by atoms with Crippen LogP contribution >= 0.6 is 0 Å². The smallest absolute Gasteiger partial charge is 0.329 e. The molecule has 0 aromatic carbocycles. The Kier molecular flexibility index (Phi) is 6.28. The molecule has 1 aliphatic rings. The van der Waals surface area contributed by atoms with Gasteiger partial charge in [0.2, 0.25) is 5.91 Å². The van der Waals surface area contributed by atoms with E-state index in [2.05, 4.69) is 0 Å². The third-order valence-corrected chi connectivity index (χ3v) is 4.00. The molecule has 0 aromatic heterocycles. The molecule has 1 unspecified atom stereocenters. The molecule has 1 atom stereocenters. The molecule has 1 aliphatic heterocycles. The van der Waals surface area contributed by atoms with E-state index < -0.39 is 11.5 Å². The summed E-state index contributed by atoms with van der Waals surface area (Å²) in [5, 5.41) is 9.35. The van der Waals surface area contributed by atoms with Crippen LogP contribution in [0.1, 0.15) is 58.3 Å². The van der Waals surface area contributed by atoms with E-state index in [1.165, 1.54) is 0 Å². The quantitative estimate of drug-likeness (QED) is 0.690. The number of aliphatic carboxylic acids is 1. The minimum atomic E-state index is -1.01. The predicted molar refractivity (Wildman–Crippen MR) is 73.7 cm³/mol. The SMILES string of the molecule is CC1(C(=O)O)CCCCN1C(=O)CCCCCCN. The molecule has 0 bridgehead atoms. The van der Waals surface area contributed by atoms with Crippen molar-refractivity contribution in [1.82, 2.24) is 4.90 Å². The number of nitrogens with zero attached hydrogens (tertiary/aromatic N) is 1. The van der Waals surface area contributed by atoms with Crippen molar-refractivity contribution in [3.8, 4) is 0 Å². The van der Waals surface area contributed by atoms with Gasteiger partial charge in [-0.25, -0.2) is 4.79 Å². The molecule has 1 fully saturated rings. The van der Waals surface area contributed by atoms with Crippen LogP contribution in [0.2, 0.25) is 0 Å². The fraction of sp³-hybridized carbons (Fsp3) is 0.857. The summed E-state index contributed by atoms with van der Waals surface area (Å²) < 4.78 is 0. The van der Waals surface area contributed by atoms with Crippen molar-refractivity contribution in [2.45, 2.75) is 63.8 Å². The van der Waals surface area contributed by atoms with Crippen molar-refractivity contribution in [3.63, 3.8) is 0 Å². The predicted octanol–water partition coefficient (Wildman–Crippen LogP) is 1.75. The Labute approximate surface area is 115 Å². The van der Waals surface area contributed by atoms with Gasteiger partial charge in [-0.15, -0.1) is 0 Å². The Morgan fingerprint density at radius 2 is 1.89 bits per heavy atom. The summed E-state index contributed by atoms with van der Waals surface area (Å²) in [6.45, 7) is 2.93. The highest BCUT2D eigenvalue weighted by atomic mass is 16.4. The molecule has 0 radical (unpaired) electrons. The third kappa shape index (κ3) is 4.20. The van der Waals surface area contributed by atoms with Crippen molar-refractivity contribution in [2.75, 3.05) is 13.1 Å². The zero-order chi connectivity index (χ0) is 14.3. The molecule has 5 nitrogen and oxygen atoms in total. The number of hydrogen-bond acceptors (Lipinski definition) is 3. The number of unbranched alkanes of at least 4 members (excludes halogenated alkanes) is 3. The number of piperidine rings is 1. The fourth-order valence-electron chi connectivity index (χ4n) is 2.65. The first-order valence-electron chi connectivity index (χ1n) is 7.26. The van der Waals surface area contributed by atoms with Gasteiger partial charge < -0.3 is 15.7 Å². The Morgan fingerprint density at radius 3 is 2.53 bits per heavy atom. The van der Waals surface area contributed by atoms with E-state index in [0.717, 1.165) is 38.5 Å². The number of carboxylic acids is 1. The molecule has 0 spiro atoms. The first kappa shape index (κ1) is 16.0. The third-order valence-electron chi connectivity index (χ3n) is 4.00. The Hall–Kier alpha value is -1.10. The molecule has 1 heterocycles. The molecule has 1 saturated heterocycles. The van der Waals surface area contributed by atoms with Crippen LogP contribution < -0.4 is 5.73 Å². The van der Waals surface area contributed by atoms with Crippen LogP contribution in [0.4, 0.5) is 0 Å². The van der Waals surface area contributed by atoms with Gasteiger partial charge in [0.15, 0.2) is 0 Å². The summed E-state index contributed by atoms with van der Waals surface area (Å²) in [6.07, 6.45) is 6.63. The van der Waals surface area contributed by atoms with Gasteiger partial charge in [0.1, 0.15) is 5.54 Å². The Bertz CT molecular complexity index is 320. The van der Waals surface area contributed by atoms with E-state index in [-0.39, 0.29) is 5.91 Å². The van der Waals surface area contributed by atoms with Gasteiger partial charge in [-0.1, -0.05) is 12.8 Å². The standard InChI is InChI=1S/C14H26N2O3/c1-14(13(18)19)9-5-7-11-16(14)12(17)8-4-2-3-6-10-15/h2-11,15H2,1H3,(H,18,19). The average Bonchev–Trinajstić information content (AvgIpc) is 2.38. The van der Waals surface area contributed by atoms with Crippen LogP contribution in [-0.4, -0.2) is 40.5 Å². The number of rotatable bonds is 7. The van der Waals surface area contributed by atoms with Gasteiger partial charge in [0.25, 0.3) is 0 Å². The number of nitrogens with two attached hydrogens (primary N) is 1. The first-order chi connectivity index (χ1) is 9.02. The van der Waals surface area contributed by atoms with Gasteiger partial charge in [-0.05, 0) is 45.6 Å². The molecule has 19 heavy (non-hydrogen) atoms. The summed E-state index contributed by atoms with van der Waals surface area (Å²) in [7, 11) is 0. The van der Waals surface area contributed by atoms with E-state index >= 15 is 0 Å². The molecular weight excluding hydrogens is 244 g/mol. The maximum atomic E-state index is 12.2. The number of hydrogen-bond donors (Lipinski definition) is 2. The molecule has 1 amide bonds. The average molecular weight is 270 g/mol. The number of likely N-dealkylation sites (tertiary alicyclic amines) is 1. The summed E-state index contributed by atoms with van der Waals surface area (Å²) in [6, 6.07) is 0. The van der Waals surface area contributed by atoms with Gasteiger partial charge in [0.05, 0.1) is 0 Å². The molecule has 5 heteroatoms. The highest BCUT2D eigenvalue weighted by molar-refractivity contribution is 5.87. The maximum Gasteiger partial charge on any atom is 0.329 e. The van der Waals surface area contributed by atoms with Crippen LogP contribution in [0.25, 0.3) is 0 Å². The second kappa shape index (κ2) is 7.48. The summed E-state index contributed by atoms with van der Waals surface area (Å²) >= 11 is 0. The van der Waals surface area contributed by atoms with Crippen molar-refractivity contribution in [2.24, 2.45) is 5.73 Å². The van der Waals surface area contributed by atoms with Crippen molar-refractivity contribution < 1.29 is 14.7 Å². The van der Waals surface area contributed by atoms with E-state index in [0.29, 0.717) is 25.9 Å². The lowest BCUT2D eigenvalue weighted by Crippen LogP contribution is -2.57. The summed E-state index contributed by atoms with van der Waals surface area (Å²) in [5.74, 6) is -0.902. The second-order valence-corrected chi connectivity index (χ2v) is 5.53. The zero-order valence-corrected chi connectivity index (χ0v) is 11.9. The molecule has 0 saturated carbocycles. The lowest BCUT2D eigenvalue weighted by molar-refractivity contribution is -0.161. The van der Waals surface area contributed by atoms with Crippen LogP contribution in [0.15, 0.2) is 0 Å². The Balaban J connectivity index is 2.47. The van der Waals surface area contributed by atoms with Crippen molar-refractivity contribution in [3.05, 3.63) is 0 Å². The molecule has 1 rings (SSSR count). The van der Waals surface area contributed by atoms with Crippen LogP contribution in [0, 0.1) is 0 Å². The molecular formula is C14H26N2O3. The summed E-state index contributed by atoms with van der Waals surface area (Å²) in [5.41, 5.74) is 4.41. The highest BCUT2D eigenvalue weighted by Crippen LogP contribution is 2.29. The lowest BCUT2D eigenvalue weighted by atomic mass is 9.88. The largest absolute Gasteiger partial charge is 0.480 e. The monoisotopic (exact) mass is 270 g/mol. The van der Waals surface area contributed by atoms with Gasteiger partial charge >= 0.3 is 5.97 Å². The first-order valence-corrected chi connectivity index (χ1v) is 7.26. The second-order valence-electron chi connectivity index (χ2n) is 5.53. The van der Waals surface area contributed by atoms with Gasteiger partial charge in [-0.3, -0.25) is 4.79 Å². The van der Waals surface area contributed by atoms with Crippen molar-refractivity contribution in [1.29, 1.82) is 0 Å². The number of carboxylic acid groups (broad SMARTS) is 1. The fourth-order valence-corrected chi connectivity index (χ4v) is 2.65. The Morgan fingerprint density at radius 1 is 1.21 bits per heavy atom. The van der Waals surface area contributed by atoms with E-state index in [1.807, 2.05) is 0 Å². The lowest BCUT2D eigenvalue weighted by Gasteiger charge is -2.41.